The number of aromatic nitrogens is 4. The van der Waals surface area contributed by atoms with Crippen LogP contribution in [0, 0.1) is 0 Å². The van der Waals surface area contributed by atoms with Crippen LogP contribution in [0.2, 0.25) is 0 Å². The Hall–Kier alpha value is -2.74. The van der Waals surface area contributed by atoms with Crippen LogP contribution in [0.4, 0.5) is 5.95 Å². The fraction of sp³-hybridized carbons (Fsp3) is 0.133. The summed E-state index contributed by atoms with van der Waals surface area (Å²) in [5, 5.41) is 18.3. The zero-order chi connectivity index (χ0) is 16.0. The van der Waals surface area contributed by atoms with Gasteiger partial charge in [-0.15, -0.1) is 5.10 Å². The SMILES string of the molecule is CSc1nc2n(n1)C(c1c[nH]c3ccccc13)C=C(C(=O)O)N2. The molecule has 23 heavy (non-hydrogen) atoms. The number of hydrogen-bond acceptors (Lipinski definition) is 5. The number of benzene rings is 1. The van der Waals surface area contributed by atoms with Crippen LogP contribution in [0.5, 0.6) is 0 Å². The van der Waals surface area contributed by atoms with E-state index in [1.165, 1.54) is 11.8 Å². The molecule has 2 aromatic heterocycles. The van der Waals surface area contributed by atoms with Crippen molar-refractivity contribution in [2.75, 3.05) is 11.6 Å². The minimum Gasteiger partial charge on any atom is -0.477 e. The molecule has 7 nitrogen and oxygen atoms in total. The van der Waals surface area contributed by atoms with Crippen LogP contribution in [-0.4, -0.2) is 37.1 Å². The van der Waals surface area contributed by atoms with E-state index < -0.39 is 5.97 Å². The van der Waals surface area contributed by atoms with Gasteiger partial charge in [-0.05, 0) is 18.4 Å². The first-order valence-electron chi connectivity index (χ1n) is 6.96. The van der Waals surface area contributed by atoms with Crippen molar-refractivity contribution in [3.05, 3.63) is 47.8 Å². The standard InChI is InChI=1S/C15H13N5O2S/c1-23-15-18-14-17-11(13(21)22)6-12(20(14)19-15)9-7-16-10-5-3-2-4-8(9)10/h2-7,12,16H,1H3,(H,21,22)(H,17,18,19). The predicted molar refractivity (Wildman–Crippen MR) is 87.6 cm³/mol. The van der Waals surface area contributed by atoms with E-state index in [1.54, 1.807) is 10.8 Å². The van der Waals surface area contributed by atoms with Crippen LogP contribution in [0.3, 0.4) is 0 Å². The third kappa shape index (κ3) is 2.18. The van der Waals surface area contributed by atoms with Crippen LogP contribution >= 0.6 is 11.8 Å². The summed E-state index contributed by atoms with van der Waals surface area (Å²) in [5.41, 5.74) is 2.06. The number of aliphatic carboxylic acids is 1. The van der Waals surface area contributed by atoms with Gasteiger partial charge in [0.05, 0.1) is 0 Å². The van der Waals surface area contributed by atoms with Crippen LogP contribution in [0.1, 0.15) is 11.6 Å². The average molecular weight is 327 g/mol. The molecule has 0 aliphatic carbocycles. The molecular weight excluding hydrogens is 314 g/mol. The van der Waals surface area contributed by atoms with Crippen molar-refractivity contribution in [1.29, 1.82) is 0 Å². The summed E-state index contributed by atoms with van der Waals surface area (Å²) >= 11 is 1.41. The van der Waals surface area contributed by atoms with Crippen molar-refractivity contribution >= 4 is 34.6 Å². The molecule has 4 rings (SSSR count). The number of thioether (sulfide) groups is 1. The third-order valence-corrected chi connectivity index (χ3v) is 4.34. The zero-order valence-corrected chi connectivity index (χ0v) is 13.0. The molecule has 0 fully saturated rings. The summed E-state index contributed by atoms with van der Waals surface area (Å²) in [5.74, 6) is -0.584. The smallest absolute Gasteiger partial charge is 0.352 e. The van der Waals surface area contributed by atoms with E-state index >= 15 is 0 Å². The van der Waals surface area contributed by atoms with Gasteiger partial charge in [0.15, 0.2) is 0 Å². The number of fused-ring (bicyclic) bond motifs is 2. The number of H-pyrrole nitrogens is 1. The molecule has 8 heteroatoms. The van der Waals surface area contributed by atoms with Crippen molar-refractivity contribution in [2.45, 2.75) is 11.2 Å². The highest BCUT2D eigenvalue weighted by molar-refractivity contribution is 7.98. The molecule has 0 bridgehead atoms. The number of allylic oxidation sites excluding steroid dienone is 1. The van der Waals surface area contributed by atoms with E-state index in [2.05, 4.69) is 20.4 Å². The topological polar surface area (TPSA) is 95.8 Å². The van der Waals surface area contributed by atoms with Crippen LogP contribution in [0.25, 0.3) is 10.9 Å². The lowest BCUT2D eigenvalue weighted by atomic mass is 10.0. The fourth-order valence-corrected chi connectivity index (χ4v) is 3.09. The number of anilines is 1. The van der Waals surface area contributed by atoms with Gasteiger partial charge in [0.2, 0.25) is 11.1 Å². The Morgan fingerprint density at radius 1 is 1.39 bits per heavy atom. The number of hydrogen-bond donors (Lipinski definition) is 3. The Morgan fingerprint density at radius 2 is 2.22 bits per heavy atom. The maximum Gasteiger partial charge on any atom is 0.352 e. The van der Waals surface area contributed by atoms with Crippen molar-refractivity contribution in [2.24, 2.45) is 0 Å². The van der Waals surface area contributed by atoms with Gasteiger partial charge in [-0.25, -0.2) is 9.48 Å². The zero-order valence-electron chi connectivity index (χ0n) is 12.1. The van der Waals surface area contributed by atoms with E-state index in [4.69, 9.17) is 0 Å². The minimum atomic E-state index is -1.02. The highest BCUT2D eigenvalue weighted by Crippen LogP contribution is 2.33. The molecule has 0 radical (unpaired) electrons. The second-order valence-electron chi connectivity index (χ2n) is 5.11. The Kier molecular flexibility index (Phi) is 3.12. The second kappa shape index (κ2) is 5.17. The van der Waals surface area contributed by atoms with Gasteiger partial charge in [-0.1, -0.05) is 30.0 Å². The molecule has 116 valence electrons. The molecule has 3 aromatic rings. The number of rotatable bonds is 3. The lowest BCUT2D eigenvalue weighted by Crippen LogP contribution is -2.24. The second-order valence-corrected chi connectivity index (χ2v) is 5.89. The maximum absolute atomic E-state index is 11.4. The summed E-state index contributed by atoms with van der Waals surface area (Å²) in [4.78, 5) is 19.0. The molecular formula is C15H13N5O2S. The number of carbonyl (C=O) groups is 1. The molecule has 1 aromatic carbocycles. The van der Waals surface area contributed by atoms with Crippen molar-refractivity contribution in [3.8, 4) is 0 Å². The first-order valence-corrected chi connectivity index (χ1v) is 8.18. The molecule has 3 N–H and O–H groups in total. The summed E-state index contributed by atoms with van der Waals surface area (Å²) < 4.78 is 1.72. The molecule has 1 atom stereocenters. The van der Waals surface area contributed by atoms with Gasteiger partial charge in [0.1, 0.15) is 11.7 Å². The number of aromatic amines is 1. The summed E-state index contributed by atoms with van der Waals surface area (Å²) in [6, 6.07) is 7.57. The summed E-state index contributed by atoms with van der Waals surface area (Å²) in [6.45, 7) is 0. The number of nitrogens with one attached hydrogen (secondary N) is 2. The van der Waals surface area contributed by atoms with Crippen LogP contribution in [-0.2, 0) is 4.79 Å². The van der Waals surface area contributed by atoms with Gasteiger partial charge in [0, 0.05) is 22.7 Å². The Bertz CT molecular complexity index is 942. The summed E-state index contributed by atoms with van der Waals surface area (Å²) in [7, 11) is 0. The first kappa shape index (κ1) is 13.9. The van der Waals surface area contributed by atoms with Gasteiger partial charge in [0.25, 0.3) is 0 Å². The number of carboxylic acid groups (broad SMARTS) is 1. The molecule has 0 amide bonds. The number of carboxylic acids is 1. The van der Waals surface area contributed by atoms with E-state index in [1.807, 2.05) is 36.7 Å². The Labute approximate surface area is 135 Å². The van der Waals surface area contributed by atoms with E-state index in [0.29, 0.717) is 11.1 Å². The van der Waals surface area contributed by atoms with Gasteiger partial charge in [-0.2, -0.15) is 4.98 Å². The number of nitrogens with zero attached hydrogens (tertiary/aromatic N) is 3. The Morgan fingerprint density at radius 3 is 3.00 bits per heavy atom. The van der Waals surface area contributed by atoms with Crippen molar-refractivity contribution in [1.82, 2.24) is 19.7 Å². The minimum absolute atomic E-state index is 0.104. The quantitative estimate of drug-likeness (QED) is 0.640. The lowest BCUT2D eigenvalue weighted by molar-refractivity contribution is -0.132. The van der Waals surface area contributed by atoms with E-state index in [-0.39, 0.29) is 11.7 Å². The lowest BCUT2D eigenvalue weighted by Gasteiger charge is -2.21. The maximum atomic E-state index is 11.4. The molecule has 1 aliphatic heterocycles. The average Bonchev–Trinajstić information content (AvgIpc) is 3.17. The van der Waals surface area contributed by atoms with Gasteiger partial charge < -0.3 is 15.4 Å². The molecule has 0 saturated heterocycles. The van der Waals surface area contributed by atoms with Crippen molar-refractivity contribution in [3.63, 3.8) is 0 Å². The summed E-state index contributed by atoms with van der Waals surface area (Å²) in [6.07, 6.45) is 5.43. The Balaban J connectivity index is 1.92. The molecule has 1 aliphatic rings. The molecule has 0 spiro atoms. The fourth-order valence-electron chi connectivity index (χ4n) is 2.74. The molecule has 0 saturated carbocycles. The van der Waals surface area contributed by atoms with E-state index in [0.717, 1.165) is 16.5 Å². The van der Waals surface area contributed by atoms with E-state index in [9.17, 15) is 9.90 Å². The van der Waals surface area contributed by atoms with Gasteiger partial charge in [-0.3, -0.25) is 0 Å². The highest BCUT2D eigenvalue weighted by atomic mass is 32.2. The van der Waals surface area contributed by atoms with Crippen LogP contribution < -0.4 is 5.32 Å². The monoisotopic (exact) mass is 327 g/mol. The third-order valence-electron chi connectivity index (χ3n) is 3.80. The predicted octanol–water partition coefficient (Wildman–Crippen LogP) is 2.46. The largest absolute Gasteiger partial charge is 0.477 e. The number of para-hydroxylation sites is 1. The molecule has 1 unspecified atom stereocenters. The molecule has 3 heterocycles. The normalized spacial score (nSPS) is 16.7. The van der Waals surface area contributed by atoms with Crippen molar-refractivity contribution < 1.29 is 9.90 Å². The van der Waals surface area contributed by atoms with Gasteiger partial charge >= 0.3 is 5.97 Å². The first-order chi connectivity index (χ1) is 11.2. The van der Waals surface area contributed by atoms with Crippen LogP contribution in [0.15, 0.2) is 47.4 Å². The highest BCUT2D eigenvalue weighted by Gasteiger charge is 2.28.